The second kappa shape index (κ2) is 4.52. The van der Waals surface area contributed by atoms with E-state index < -0.39 is 10.0 Å². The maximum absolute atomic E-state index is 11.7. The summed E-state index contributed by atoms with van der Waals surface area (Å²) in [5, 5.41) is 3.23. The maximum atomic E-state index is 11.7. The molecule has 17 heavy (non-hydrogen) atoms. The zero-order chi connectivity index (χ0) is 12.3. The highest BCUT2D eigenvalue weighted by Crippen LogP contribution is 2.12. The Labute approximate surface area is 96.5 Å². The smallest absolute Gasteiger partial charge is 0.274 e. The van der Waals surface area contributed by atoms with Crippen molar-refractivity contribution in [3.63, 3.8) is 0 Å². The zero-order valence-electron chi connectivity index (χ0n) is 8.49. The van der Waals surface area contributed by atoms with Crippen LogP contribution in [0.15, 0.2) is 38.5 Å². The number of nitrogens with zero attached hydrogens (tertiary/aromatic N) is 1. The van der Waals surface area contributed by atoms with Crippen molar-refractivity contribution in [2.75, 3.05) is 0 Å². The number of carbonyl (C=O) groups excluding carboxylic acids is 1. The second-order valence-electron chi connectivity index (χ2n) is 3.09. The molecule has 0 amide bonds. The molecule has 0 radical (unpaired) electrons. The standard InChI is InChI=1S/C9H8N2O5S/c12-6-8-1-2-9(16-8)17(13,14)10-5-7-3-4-15-11-7/h1-4,6,10H,5H2. The first-order valence-corrected chi connectivity index (χ1v) is 6.04. The number of aldehydes is 1. The first-order chi connectivity index (χ1) is 8.12. The monoisotopic (exact) mass is 256 g/mol. The van der Waals surface area contributed by atoms with Crippen LogP contribution in [0.1, 0.15) is 16.2 Å². The van der Waals surface area contributed by atoms with Crippen LogP contribution in [0.25, 0.3) is 0 Å². The summed E-state index contributed by atoms with van der Waals surface area (Å²) < 4.78 is 35.0. The van der Waals surface area contributed by atoms with E-state index in [-0.39, 0.29) is 17.4 Å². The minimum absolute atomic E-state index is 0.0179. The van der Waals surface area contributed by atoms with Crippen molar-refractivity contribution >= 4 is 16.3 Å². The van der Waals surface area contributed by atoms with Gasteiger partial charge in [-0.05, 0) is 12.1 Å². The molecule has 0 saturated heterocycles. The van der Waals surface area contributed by atoms with E-state index >= 15 is 0 Å². The summed E-state index contributed by atoms with van der Waals surface area (Å²) in [6.45, 7) is -0.0179. The van der Waals surface area contributed by atoms with Crippen LogP contribution in [-0.2, 0) is 16.6 Å². The van der Waals surface area contributed by atoms with Crippen molar-refractivity contribution in [3.8, 4) is 0 Å². The summed E-state index contributed by atoms with van der Waals surface area (Å²) in [6.07, 6.45) is 1.76. The highest BCUT2D eigenvalue weighted by molar-refractivity contribution is 7.89. The lowest BCUT2D eigenvalue weighted by Crippen LogP contribution is -2.22. The molecule has 0 spiro atoms. The Kier molecular flexibility index (Phi) is 3.07. The van der Waals surface area contributed by atoms with E-state index in [1.54, 1.807) is 0 Å². The summed E-state index contributed by atoms with van der Waals surface area (Å²) in [5.41, 5.74) is 0.441. The minimum Gasteiger partial charge on any atom is -0.440 e. The van der Waals surface area contributed by atoms with Gasteiger partial charge in [0.25, 0.3) is 10.0 Å². The highest BCUT2D eigenvalue weighted by Gasteiger charge is 2.18. The lowest BCUT2D eigenvalue weighted by atomic mass is 10.5. The molecule has 0 bridgehead atoms. The molecule has 1 N–H and O–H groups in total. The predicted octanol–water partition coefficient (Wildman–Crippen LogP) is 0.559. The number of nitrogens with one attached hydrogen (secondary N) is 1. The molecule has 8 heteroatoms. The molecule has 0 aliphatic carbocycles. The van der Waals surface area contributed by atoms with Crippen molar-refractivity contribution in [3.05, 3.63) is 35.9 Å². The minimum atomic E-state index is -3.78. The topological polar surface area (TPSA) is 102 Å². The molecule has 0 unspecified atom stereocenters. The Bertz CT molecular complexity index is 599. The SMILES string of the molecule is O=Cc1ccc(S(=O)(=O)NCc2ccon2)o1. The van der Waals surface area contributed by atoms with E-state index in [9.17, 15) is 13.2 Å². The average Bonchev–Trinajstić information content (AvgIpc) is 2.98. The van der Waals surface area contributed by atoms with Crippen LogP contribution < -0.4 is 4.72 Å². The quantitative estimate of drug-likeness (QED) is 0.784. The lowest BCUT2D eigenvalue weighted by Gasteiger charge is -2.00. The van der Waals surface area contributed by atoms with Crippen LogP contribution in [0.4, 0.5) is 0 Å². The molecule has 2 rings (SSSR count). The van der Waals surface area contributed by atoms with E-state index in [0.717, 1.165) is 0 Å². The fourth-order valence-corrected chi connectivity index (χ4v) is 2.04. The second-order valence-corrected chi connectivity index (χ2v) is 4.79. The van der Waals surface area contributed by atoms with E-state index in [2.05, 4.69) is 14.4 Å². The first kappa shape index (κ1) is 11.6. The third-order valence-electron chi connectivity index (χ3n) is 1.92. The molecular formula is C9H8N2O5S. The van der Waals surface area contributed by atoms with E-state index in [0.29, 0.717) is 12.0 Å². The van der Waals surface area contributed by atoms with Gasteiger partial charge in [0.15, 0.2) is 12.0 Å². The van der Waals surface area contributed by atoms with Crippen LogP contribution in [0.3, 0.4) is 0 Å². The van der Waals surface area contributed by atoms with Crippen LogP contribution in [0, 0.1) is 0 Å². The number of hydrogen-bond acceptors (Lipinski definition) is 6. The van der Waals surface area contributed by atoms with Crippen LogP contribution in [0.2, 0.25) is 0 Å². The number of hydrogen-bond donors (Lipinski definition) is 1. The Morgan fingerprint density at radius 1 is 1.35 bits per heavy atom. The molecule has 0 aliphatic heterocycles. The number of carbonyl (C=O) groups is 1. The van der Waals surface area contributed by atoms with Crippen molar-refractivity contribution in [1.82, 2.24) is 9.88 Å². The molecule has 2 aromatic heterocycles. The van der Waals surface area contributed by atoms with Gasteiger partial charge in [0, 0.05) is 6.07 Å². The van der Waals surface area contributed by atoms with Gasteiger partial charge in [-0.15, -0.1) is 0 Å². The maximum Gasteiger partial charge on any atom is 0.274 e. The molecule has 2 aromatic rings. The van der Waals surface area contributed by atoms with E-state index in [1.807, 2.05) is 0 Å². The van der Waals surface area contributed by atoms with Crippen LogP contribution >= 0.6 is 0 Å². The van der Waals surface area contributed by atoms with Crippen LogP contribution in [-0.4, -0.2) is 19.9 Å². The van der Waals surface area contributed by atoms with Gasteiger partial charge in [0.1, 0.15) is 6.26 Å². The molecule has 7 nitrogen and oxygen atoms in total. The molecular weight excluding hydrogens is 248 g/mol. The largest absolute Gasteiger partial charge is 0.440 e. The Hall–Kier alpha value is -1.93. The molecule has 0 aromatic carbocycles. The van der Waals surface area contributed by atoms with Crippen LogP contribution in [0.5, 0.6) is 0 Å². The average molecular weight is 256 g/mol. The zero-order valence-corrected chi connectivity index (χ0v) is 9.31. The fraction of sp³-hybridized carbons (Fsp3) is 0.111. The van der Waals surface area contributed by atoms with Gasteiger partial charge in [-0.25, -0.2) is 13.1 Å². The molecule has 0 fully saturated rings. The summed E-state index contributed by atoms with van der Waals surface area (Å²) in [5.74, 6) is -0.0492. The summed E-state index contributed by atoms with van der Waals surface area (Å²) in [6, 6.07) is 4.01. The molecule has 0 saturated carbocycles. The Morgan fingerprint density at radius 3 is 2.76 bits per heavy atom. The number of furan rings is 1. The Balaban J connectivity index is 2.11. The van der Waals surface area contributed by atoms with Gasteiger partial charge < -0.3 is 8.94 Å². The Morgan fingerprint density at radius 2 is 2.18 bits per heavy atom. The number of rotatable bonds is 5. The van der Waals surface area contributed by atoms with Crippen molar-refractivity contribution in [2.45, 2.75) is 11.6 Å². The van der Waals surface area contributed by atoms with E-state index in [1.165, 1.54) is 24.5 Å². The predicted molar refractivity (Wildman–Crippen MR) is 54.6 cm³/mol. The van der Waals surface area contributed by atoms with Gasteiger partial charge in [-0.3, -0.25) is 4.79 Å². The molecule has 2 heterocycles. The van der Waals surface area contributed by atoms with E-state index in [4.69, 9.17) is 4.42 Å². The lowest BCUT2D eigenvalue weighted by molar-refractivity contribution is 0.109. The van der Waals surface area contributed by atoms with Crippen molar-refractivity contribution < 1.29 is 22.2 Å². The number of sulfonamides is 1. The molecule has 0 aliphatic rings. The molecule has 90 valence electrons. The van der Waals surface area contributed by atoms with Gasteiger partial charge in [0.2, 0.25) is 5.09 Å². The summed E-state index contributed by atoms with van der Waals surface area (Å²) >= 11 is 0. The summed E-state index contributed by atoms with van der Waals surface area (Å²) in [7, 11) is -3.78. The van der Waals surface area contributed by atoms with Gasteiger partial charge in [-0.2, -0.15) is 0 Å². The van der Waals surface area contributed by atoms with Crippen molar-refractivity contribution in [2.24, 2.45) is 0 Å². The highest BCUT2D eigenvalue weighted by atomic mass is 32.2. The number of aromatic nitrogens is 1. The van der Waals surface area contributed by atoms with Gasteiger partial charge in [-0.1, -0.05) is 5.16 Å². The fourth-order valence-electron chi connectivity index (χ4n) is 1.11. The van der Waals surface area contributed by atoms with Gasteiger partial charge in [0.05, 0.1) is 12.2 Å². The third kappa shape index (κ3) is 2.60. The summed E-state index contributed by atoms with van der Waals surface area (Å²) in [4.78, 5) is 10.4. The first-order valence-electron chi connectivity index (χ1n) is 4.56. The molecule has 0 atom stereocenters. The normalized spacial score (nSPS) is 11.5. The third-order valence-corrected chi connectivity index (χ3v) is 3.19. The van der Waals surface area contributed by atoms with Crippen molar-refractivity contribution in [1.29, 1.82) is 0 Å². The van der Waals surface area contributed by atoms with Gasteiger partial charge >= 0.3 is 0 Å².